The van der Waals surface area contributed by atoms with Crippen molar-refractivity contribution in [1.29, 1.82) is 0 Å². The summed E-state index contributed by atoms with van der Waals surface area (Å²) in [5.74, 6) is 0.420. The van der Waals surface area contributed by atoms with Gasteiger partial charge in [0.15, 0.2) is 0 Å². The number of fused-ring (bicyclic) bond motifs is 2. The molecule has 33 heavy (non-hydrogen) atoms. The average molecular weight is 452 g/mol. The highest BCUT2D eigenvalue weighted by atomic mass is 16.5. The molecule has 176 valence electrons. The first-order valence-electron chi connectivity index (χ1n) is 11.7. The van der Waals surface area contributed by atoms with E-state index in [0.29, 0.717) is 55.5 Å². The third-order valence-corrected chi connectivity index (χ3v) is 6.26. The molecule has 0 spiro atoms. The molecular formula is C26H33N3O4. The van der Waals surface area contributed by atoms with E-state index in [1.165, 1.54) is 11.1 Å². The van der Waals surface area contributed by atoms with Gasteiger partial charge in [0.1, 0.15) is 5.75 Å². The minimum absolute atomic E-state index is 0.0225. The summed E-state index contributed by atoms with van der Waals surface area (Å²) in [6.07, 6.45) is -0.0141. The van der Waals surface area contributed by atoms with Crippen LogP contribution in [0.15, 0.2) is 36.4 Å². The zero-order valence-electron chi connectivity index (χ0n) is 19.6. The lowest BCUT2D eigenvalue weighted by atomic mass is 9.93. The van der Waals surface area contributed by atoms with Crippen molar-refractivity contribution in [3.8, 4) is 5.75 Å². The number of hydrogen-bond donors (Lipinski definition) is 3. The first-order valence-corrected chi connectivity index (χ1v) is 11.7. The van der Waals surface area contributed by atoms with Crippen LogP contribution in [0.25, 0.3) is 0 Å². The van der Waals surface area contributed by atoms with Crippen molar-refractivity contribution >= 4 is 11.8 Å². The lowest BCUT2D eigenvalue weighted by molar-refractivity contribution is 0.0759. The number of benzene rings is 2. The number of aliphatic hydroxyl groups excluding tert-OH is 1. The zero-order chi connectivity index (χ0) is 23.5. The van der Waals surface area contributed by atoms with E-state index in [-0.39, 0.29) is 24.4 Å². The Morgan fingerprint density at radius 1 is 1.24 bits per heavy atom. The summed E-state index contributed by atoms with van der Waals surface area (Å²) < 4.78 is 5.70. The lowest BCUT2D eigenvalue weighted by Crippen LogP contribution is -2.49. The predicted octanol–water partition coefficient (Wildman–Crippen LogP) is 2.50. The van der Waals surface area contributed by atoms with E-state index in [1.807, 2.05) is 24.0 Å². The topological polar surface area (TPSA) is 90.9 Å². The van der Waals surface area contributed by atoms with E-state index in [4.69, 9.17) is 4.74 Å². The van der Waals surface area contributed by atoms with E-state index in [1.54, 1.807) is 12.1 Å². The third kappa shape index (κ3) is 5.04. The molecule has 0 aliphatic carbocycles. The fourth-order valence-corrected chi connectivity index (χ4v) is 4.63. The molecule has 0 bridgehead atoms. The largest absolute Gasteiger partial charge is 0.493 e. The third-order valence-electron chi connectivity index (χ3n) is 6.26. The number of carbonyl (C=O) groups excluding carboxylic acids is 2. The molecule has 2 aliphatic rings. The number of ether oxygens (including phenoxy) is 1. The van der Waals surface area contributed by atoms with Crippen LogP contribution in [0.2, 0.25) is 0 Å². The predicted molar refractivity (Wildman–Crippen MR) is 126 cm³/mol. The molecule has 2 aromatic carbocycles. The summed E-state index contributed by atoms with van der Waals surface area (Å²) >= 11 is 0. The van der Waals surface area contributed by atoms with Crippen LogP contribution < -0.4 is 15.4 Å². The molecule has 2 heterocycles. The van der Waals surface area contributed by atoms with Crippen molar-refractivity contribution in [2.75, 3.05) is 19.7 Å². The van der Waals surface area contributed by atoms with Crippen LogP contribution in [-0.2, 0) is 19.5 Å². The van der Waals surface area contributed by atoms with Gasteiger partial charge in [0.25, 0.3) is 11.8 Å². The van der Waals surface area contributed by atoms with E-state index in [9.17, 15) is 14.7 Å². The lowest BCUT2D eigenvalue weighted by Gasteiger charge is -2.30. The first kappa shape index (κ1) is 23.3. The van der Waals surface area contributed by atoms with Gasteiger partial charge in [-0.2, -0.15) is 0 Å². The van der Waals surface area contributed by atoms with Crippen molar-refractivity contribution < 1.29 is 19.4 Å². The van der Waals surface area contributed by atoms with Crippen LogP contribution >= 0.6 is 0 Å². The number of rotatable bonds is 8. The molecule has 2 aliphatic heterocycles. The second-order valence-electron chi connectivity index (χ2n) is 9.26. The Morgan fingerprint density at radius 2 is 2.00 bits per heavy atom. The molecule has 0 fully saturated rings. The van der Waals surface area contributed by atoms with Gasteiger partial charge < -0.3 is 25.4 Å². The highest BCUT2D eigenvalue weighted by molar-refractivity contribution is 6.03. The van der Waals surface area contributed by atoms with Gasteiger partial charge in [-0.15, -0.1) is 0 Å². The van der Waals surface area contributed by atoms with Crippen molar-refractivity contribution in [2.24, 2.45) is 5.92 Å². The summed E-state index contributed by atoms with van der Waals surface area (Å²) in [6, 6.07) is 11.5. The van der Waals surface area contributed by atoms with Gasteiger partial charge in [-0.3, -0.25) is 9.59 Å². The fraction of sp³-hybridized carbons (Fsp3) is 0.462. The highest BCUT2D eigenvalue weighted by Crippen LogP contribution is 2.31. The molecule has 2 atom stereocenters. The number of amides is 2. The SMILES string of the molecule is CCOc1cc2c(cc1C(=O)NCC(O)C1Cc3ccccc3CN1)CN(CC(C)C)C2=O. The standard InChI is InChI=1S/C26H33N3O4/c1-4-33-24-11-20-19(15-29(26(20)32)14-16(2)3)9-21(24)25(31)28-13-23(30)22-10-17-7-5-6-8-18(17)12-27-22/h5-9,11,16,22-23,27,30H,4,10,12-15H2,1-3H3,(H,28,31). The van der Waals surface area contributed by atoms with E-state index >= 15 is 0 Å². The van der Waals surface area contributed by atoms with Crippen molar-refractivity contribution in [2.45, 2.75) is 52.4 Å². The Morgan fingerprint density at radius 3 is 2.73 bits per heavy atom. The van der Waals surface area contributed by atoms with Crippen LogP contribution in [0, 0.1) is 5.92 Å². The zero-order valence-corrected chi connectivity index (χ0v) is 19.6. The molecule has 4 rings (SSSR count). The highest BCUT2D eigenvalue weighted by Gasteiger charge is 2.31. The number of nitrogens with one attached hydrogen (secondary N) is 2. The number of hydrogen-bond acceptors (Lipinski definition) is 5. The van der Waals surface area contributed by atoms with Crippen LogP contribution in [0.1, 0.15) is 58.2 Å². The second-order valence-corrected chi connectivity index (χ2v) is 9.26. The Hall–Kier alpha value is -2.90. The van der Waals surface area contributed by atoms with Gasteiger partial charge in [-0.1, -0.05) is 38.1 Å². The van der Waals surface area contributed by atoms with Gasteiger partial charge in [-0.25, -0.2) is 0 Å². The average Bonchev–Trinajstić information content (AvgIpc) is 3.10. The van der Waals surface area contributed by atoms with E-state index in [2.05, 4.69) is 36.6 Å². The first-order chi connectivity index (χ1) is 15.9. The van der Waals surface area contributed by atoms with Crippen molar-refractivity contribution in [3.63, 3.8) is 0 Å². The molecule has 0 radical (unpaired) electrons. The summed E-state index contributed by atoms with van der Waals surface area (Å²) in [4.78, 5) is 27.6. The molecule has 7 heteroatoms. The minimum Gasteiger partial charge on any atom is -0.493 e. The van der Waals surface area contributed by atoms with Crippen molar-refractivity contribution in [1.82, 2.24) is 15.5 Å². The van der Waals surface area contributed by atoms with Crippen LogP contribution in [0.3, 0.4) is 0 Å². The summed E-state index contributed by atoms with van der Waals surface area (Å²) in [7, 11) is 0. The van der Waals surface area contributed by atoms with Crippen molar-refractivity contribution in [3.05, 3.63) is 64.2 Å². The number of aliphatic hydroxyl groups is 1. The normalized spacial score (nSPS) is 18.2. The Kier molecular flexibility index (Phi) is 7.00. The molecule has 2 amide bonds. The number of carbonyl (C=O) groups is 2. The molecule has 3 N–H and O–H groups in total. The molecule has 2 aromatic rings. The van der Waals surface area contributed by atoms with Gasteiger partial charge in [-0.05, 0) is 48.1 Å². The van der Waals surface area contributed by atoms with E-state index in [0.717, 1.165) is 5.56 Å². The maximum atomic E-state index is 13.0. The summed E-state index contributed by atoms with van der Waals surface area (Å²) in [5.41, 5.74) is 4.29. The molecule has 2 unspecified atom stereocenters. The van der Waals surface area contributed by atoms with E-state index < -0.39 is 6.10 Å². The molecule has 0 saturated carbocycles. The maximum absolute atomic E-state index is 13.0. The van der Waals surface area contributed by atoms with Crippen LogP contribution in [-0.4, -0.2) is 53.7 Å². The Bertz CT molecular complexity index is 1040. The monoisotopic (exact) mass is 451 g/mol. The molecule has 0 aromatic heterocycles. The summed E-state index contributed by atoms with van der Waals surface area (Å²) in [5, 5.41) is 16.9. The summed E-state index contributed by atoms with van der Waals surface area (Å²) in [6.45, 7) is 8.37. The minimum atomic E-state index is -0.726. The fourth-order valence-electron chi connectivity index (χ4n) is 4.63. The van der Waals surface area contributed by atoms with Gasteiger partial charge >= 0.3 is 0 Å². The van der Waals surface area contributed by atoms with Gasteiger partial charge in [0.2, 0.25) is 0 Å². The molecule has 7 nitrogen and oxygen atoms in total. The Labute approximate surface area is 195 Å². The van der Waals surface area contributed by atoms with Crippen LogP contribution in [0.4, 0.5) is 0 Å². The van der Waals surface area contributed by atoms with Gasteiger partial charge in [0, 0.05) is 37.8 Å². The maximum Gasteiger partial charge on any atom is 0.255 e. The Balaban J connectivity index is 1.44. The van der Waals surface area contributed by atoms with Gasteiger partial charge in [0.05, 0.1) is 18.3 Å². The molecular weight excluding hydrogens is 418 g/mol. The smallest absolute Gasteiger partial charge is 0.255 e. The second kappa shape index (κ2) is 9.93. The molecule has 0 saturated heterocycles. The van der Waals surface area contributed by atoms with Crippen LogP contribution in [0.5, 0.6) is 5.75 Å². The number of nitrogens with zero attached hydrogens (tertiary/aromatic N) is 1. The quantitative estimate of drug-likeness (QED) is 0.574.